The minimum atomic E-state index is 0.0547. The van der Waals surface area contributed by atoms with E-state index in [0.717, 1.165) is 50.9 Å². The Morgan fingerprint density at radius 3 is 2.85 bits per heavy atom. The van der Waals surface area contributed by atoms with E-state index in [9.17, 15) is 9.59 Å². The Morgan fingerprint density at radius 1 is 1.31 bits per heavy atom. The third-order valence-corrected chi connectivity index (χ3v) is 6.26. The van der Waals surface area contributed by atoms with Crippen LogP contribution in [0.4, 0.5) is 0 Å². The smallest absolute Gasteiger partial charge is 0.228 e. The van der Waals surface area contributed by atoms with Crippen molar-refractivity contribution >= 4 is 11.8 Å². The Kier molecular flexibility index (Phi) is 4.94. The van der Waals surface area contributed by atoms with Gasteiger partial charge in [0.25, 0.3) is 0 Å². The second kappa shape index (κ2) is 7.35. The summed E-state index contributed by atoms with van der Waals surface area (Å²) in [6.07, 6.45) is 7.99. The molecular formula is C20H27N3O3. The van der Waals surface area contributed by atoms with Crippen LogP contribution in [0.15, 0.2) is 24.5 Å². The maximum absolute atomic E-state index is 12.6. The Morgan fingerprint density at radius 2 is 2.15 bits per heavy atom. The van der Waals surface area contributed by atoms with Gasteiger partial charge in [-0.25, -0.2) is 0 Å². The summed E-state index contributed by atoms with van der Waals surface area (Å²) in [6, 6.07) is 3.93. The third kappa shape index (κ3) is 3.61. The van der Waals surface area contributed by atoms with E-state index in [4.69, 9.17) is 4.74 Å². The quantitative estimate of drug-likeness (QED) is 0.828. The summed E-state index contributed by atoms with van der Waals surface area (Å²) in [5, 5.41) is 0. The van der Waals surface area contributed by atoms with E-state index < -0.39 is 0 Å². The lowest BCUT2D eigenvalue weighted by molar-refractivity contribution is -0.144. The molecule has 0 bridgehead atoms. The minimum absolute atomic E-state index is 0.0547. The first-order valence-electron chi connectivity index (χ1n) is 9.68. The maximum Gasteiger partial charge on any atom is 0.228 e. The monoisotopic (exact) mass is 357 g/mol. The number of pyridine rings is 1. The summed E-state index contributed by atoms with van der Waals surface area (Å²) in [7, 11) is 0. The van der Waals surface area contributed by atoms with E-state index in [-0.39, 0.29) is 23.1 Å². The van der Waals surface area contributed by atoms with Crippen molar-refractivity contribution in [3.63, 3.8) is 0 Å². The summed E-state index contributed by atoms with van der Waals surface area (Å²) in [5.74, 6) is 0.552. The lowest BCUT2D eigenvalue weighted by atomic mass is 9.72. The number of carbonyl (C=O) groups is 2. The first kappa shape index (κ1) is 17.5. The average molecular weight is 357 g/mol. The van der Waals surface area contributed by atoms with Crippen molar-refractivity contribution in [3.05, 3.63) is 30.1 Å². The van der Waals surface area contributed by atoms with Gasteiger partial charge < -0.3 is 14.5 Å². The van der Waals surface area contributed by atoms with Gasteiger partial charge in [-0.3, -0.25) is 14.6 Å². The number of hydrogen-bond donors (Lipinski definition) is 0. The van der Waals surface area contributed by atoms with Gasteiger partial charge in [-0.15, -0.1) is 0 Å². The molecule has 3 fully saturated rings. The second-order valence-electron chi connectivity index (χ2n) is 8.00. The molecular weight excluding hydrogens is 330 g/mol. The molecule has 0 saturated carbocycles. The predicted molar refractivity (Wildman–Crippen MR) is 96.1 cm³/mol. The molecule has 1 spiro atoms. The van der Waals surface area contributed by atoms with E-state index in [1.165, 1.54) is 0 Å². The van der Waals surface area contributed by atoms with E-state index in [0.29, 0.717) is 26.2 Å². The highest BCUT2D eigenvalue weighted by Crippen LogP contribution is 2.41. The van der Waals surface area contributed by atoms with Crippen LogP contribution in [0, 0.1) is 11.3 Å². The fraction of sp³-hybridized carbons (Fsp3) is 0.650. The number of nitrogens with zero attached hydrogens (tertiary/aromatic N) is 3. The molecule has 4 rings (SSSR count). The Balaban J connectivity index is 1.37. The van der Waals surface area contributed by atoms with E-state index in [1.54, 1.807) is 6.20 Å². The Labute approximate surface area is 154 Å². The van der Waals surface area contributed by atoms with Gasteiger partial charge in [0, 0.05) is 51.6 Å². The number of amides is 2. The summed E-state index contributed by atoms with van der Waals surface area (Å²) in [6.45, 7) is 4.34. The zero-order valence-electron chi connectivity index (χ0n) is 15.2. The topological polar surface area (TPSA) is 62.7 Å². The number of likely N-dealkylation sites (tertiary alicyclic amines) is 2. The van der Waals surface area contributed by atoms with Crippen LogP contribution in [0.2, 0.25) is 0 Å². The Hall–Kier alpha value is -1.95. The molecule has 1 atom stereocenters. The van der Waals surface area contributed by atoms with Gasteiger partial charge in [0.1, 0.15) is 0 Å². The fourth-order valence-corrected chi connectivity index (χ4v) is 4.56. The Bertz CT molecular complexity index is 650. The van der Waals surface area contributed by atoms with Gasteiger partial charge in [-0.05, 0) is 42.7 Å². The SMILES string of the molecule is O=C1CCC2(CCN(C(=O)C3CCOC3)CC2)CN1Cc1cccnc1. The van der Waals surface area contributed by atoms with Gasteiger partial charge in [0.2, 0.25) is 11.8 Å². The van der Waals surface area contributed by atoms with Crippen molar-refractivity contribution < 1.29 is 14.3 Å². The molecule has 3 aliphatic heterocycles. The molecule has 0 aromatic carbocycles. The largest absolute Gasteiger partial charge is 0.381 e. The van der Waals surface area contributed by atoms with Crippen LogP contribution < -0.4 is 0 Å². The number of ether oxygens (including phenoxy) is 1. The van der Waals surface area contributed by atoms with Crippen LogP contribution in [-0.2, 0) is 20.9 Å². The van der Waals surface area contributed by atoms with Gasteiger partial charge >= 0.3 is 0 Å². The predicted octanol–water partition coefficient (Wildman–Crippen LogP) is 1.85. The summed E-state index contributed by atoms with van der Waals surface area (Å²) < 4.78 is 5.36. The molecule has 1 aromatic heterocycles. The van der Waals surface area contributed by atoms with Crippen LogP contribution in [-0.4, -0.2) is 59.4 Å². The molecule has 0 N–H and O–H groups in total. The van der Waals surface area contributed by atoms with Crippen molar-refractivity contribution in [3.8, 4) is 0 Å². The lowest BCUT2D eigenvalue weighted by Gasteiger charge is -2.47. The lowest BCUT2D eigenvalue weighted by Crippen LogP contribution is -2.52. The average Bonchev–Trinajstić information content (AvgIpc) is 3.21. The van der Waals surface area contributed by atoms with Crippen LogP contribution >= 0.6 is 0 Å². The highest BCUT2D eigenvalue weighted by Gasteiger charge is 2.42. The summed E-state index contributed by atoms with van der Waals surface area (Å²) in [4.78, 5) is 33.2. The normalized spacial score (nSPS) is 25.7. The van der Waals surface area contributed by atoms with Crippen molar-refractivity contribution in [1.82, 2.24) is 14.8 Å². The summed E-state index contributed by atoms with van der Waals surface area (Å²) in [5.41, 5.74) is 1.24. The van der Waals surface area contributed by atoms with E-state index in [1.807, 2.05) is 28.1 Å². The van der Waals surface area contributed by atoms with Crippen molar-refractivity contribution in [2.24, 2.45) is 11.3 Å². The molecule has 26 heavy (non-hydrogen) atoms. The van der Waals surface area contributed by atoms with E-state index in [2.05, 4.69) is 4.98 Å². The van der Waals surface area contributed by atoms with Crippen molar-refractivity contribution in [2.45, 2.75) is 38.6 Å². The first-order chi connectivity index (χ1) is 12.7. The van der Waals surface area contributed by atoms with Crippen LogP contribution in [0.3, 0.4) is 0 Å². The molecule has 3 saturated heterocycles. The summed E-state index contributed by atoms with van der Waals surface area (Å²) >= 11 is 0. The fourth-order valence-electron chi connectivity index (χ4n) is 4.56. The standard InChI is InChI=1S/C20H27N3O3/c24-18-3-5-20(15-23(18)13-16-2-1-8-21-12-16)6-9-22(10-7-20)19(25)17-4-11-26-14-17/h1-2,8,12,17H,3-7,9-11,13-15H2. The molecule has 2 amide bonds. The van der Waals surface area contributed by atoms with Gasteiger partial charge in [0.15, 0.2) is 0 Å². The van der Waals surface area contributed by atoms with E-state index >= 15 is 0 Å². The van der Waals surface area contributed by atoms with Gasteiger partial charge in [0.05, 0.1) is 12.5 Å². The van der Waals surface area contributed by atoms with Gasteiger partial charge in [-0.2, -0.15) is 0 Å². The molecule has 3 aliphatic rings. The molecule has 4 heterocycles. The number of carbonyl (C=O) groups excluding carboxylic acids is 2. The molecule has 6 heteroatoms. The maximum atomic E-state index is 12.6. The number of hydrogen-bond acceptors (Lipinski definition) is 4. The van der Waals surface area contributed by atoms with Crippen molar-refractivity contribution in [1.29, 1.82) is 0 Å². The van der Waals surface area contributed by atoms with Crippen LogP contribution in [0.5, 0.6) is 0 Å². The molecule has 1 aromatic rings. The number of rotatable bonds is 3. The molecule has 0 radical (unpaired) electrons. The zero-order valence-corrected chi connectivity index (χ0v) is 15.2. The molecule has 0 aliphatic carbocycles. The zero-order chi connectivity index (χ0) is 18.0. The minimum Gasteiger partial charge on any atom is -0.381 e. The first-order valence-corrected chi connectivity index (χ1v) is 9.68. The molecule has 1 unspecified atom stereocenters. The molecule has 140 valence electrons. The molecule has 6 nitrogen and oxygen atoms in total. The highest BCUT2D eigenvalue weighted by molar-refractivity contribution is 5.79. The number of piperidine rings is 2. The van der Waals surface area contributed by atoms with Crippen LogP contribution in [0.25, 0.3) is 0 Å². The highest BCUT2D eigenvalue weighted by atomic mass is 16.5. The third-order valence-electron chi connectivity index (χ3n) is 6.26. The second-order valence-corrected chi connectivity index (χ2v) is 8.00. The van der Waals surface area contributed by atoms with Crippen LogP contribution in [0.1, 0.15) is 37.7 Å². The van der Waals surface area contributed by atoms with Crippen molar-refractivity contribution in [2.75, 3.05) is 32.8 Å². The van der Waals surface area contributed by atoms with Gasteiger partial charge in [-0.1, -0.05) is 6.07 Å². The number of aromatic nitrogens is 1.